The van der Waals surface area contributed by atoms with Gasteiger partial charge < -0.3 is 10.2 Å². The van der Waals surface area contributed by atoms with E-state index in [-0.39, 0.29) is 17.7 Å². The van der Waals surface area contributed by atoms with Crippen molar-refractivity contribution in [1.82, 2.24) is 0 Å². The first-order valence-corrected chi connectivity index (χ1v) is 10.1. The number of rotatable bonds is 5. The van der Waals surface area contributed by atoms with Crippen molar-refractivity contribution in [2.75, 3.05) is 22.5 Å². The largest absolute Gasteiger partial charge is 0.322 e. The molecular weight excluding hydrogens is 344 g/mol. The Kier molecular flexibility index (Phi) is 4.72. The topological polar surface area (TPSA) is 49.4 Å². The lowest BCUT2D eigenvalue weighted by molar-refractivity contribution is -0.119. The Morgan fingerprint density at radius 3 is 2.77 bits per heavy atom. The maximum atomic E-state index is 12.7. The minimum absolute atomic E-state index is 0.112. The van der Waals surface area contributed by atoms with Gasteiger partial charge in [-0.3, -0.25) is 9.59 Å². The summed E-state index contributed by atoms with van der Waals surface area (Å²) in [4.78, 5) is 28.1. The molecule has 5 heteroatoms. The summed E-state index contributed by atoms with van der Waals surface area (Å²) in [6.07, 6.45) is 2.90. The summed E-state index contributed by atoms with van der Waals surface area (Å²) in [5, 5.41) is 3.00. The van der Waals surface area contributed by atoms with Crippen molar-refractivity contribution in [2.24, 2.45) is 5.92 Å². The number of nitrogens with one attached hydrogen (secondary N) is 1. The van der Waals surface area contributed by atoms with Gasteiger partial charge in [-0.2, -0.15) is 0 Å². The number of carbonyl (C=O) groups is 2. The zero-order chi connectivity index (χ0) is 18.1. The van der Waals surface area contributed by atoms with Crippen LogP contribution in [-0.4, -0.2) is 24.1 Å². The van der Waals surface area contributed by atoms with Gasteiger partial charge in [0, 0.05) is 28.7 Å². The van der Waals surface area contributed by atoms with Crippen LogP contribution >= 0.6 is 11.8 Å². The molecule has 0 unspecified atom stereocenters. The van der Waals surface area contributed by atoms with E-state index in [9.17, 15) is 9.59 Å². The molecule has 2 aliphatic rings. The number of anilines is 2. The smallest absolute Gasteiger partial charge is 0.256 e. The average Bonchev–Trinajstić information content (AvgIpc) is 3.42. The van der Waals surface area contributed by atoms with Crippen LogP contribution in [0.2, 0.25) is 0 Å². The van der Waals surface area contributed by atoms with Gasteiger partial charge in [0.05, 0.1) is 5.56 Å². The summed E-state index contributed by atoms with van der Waals surface area (Å²) in [6, 6.07) is 13.6. The summed E-state index contributed by atoms with van der Waals surface area (Å²) in [6.45, 7) is 2.82. The molecule has 0 aromatic heterocycles. The molecule has 1 fully saturated rings. The van der Waals surface area contributed by atoms with E-state index in [1.54, 1.807) is 11.8 Å². The minimum atomic E-state index is -0.112. The first kappa shape index (κ1) is 17.2. The van der Waals surface area contributed by atoms with Crippen molar-refractivity contribution in [3.8, 4) is 0 Å². The van der Waals surface area contributed by atoms with E-state index < -0.39 is 0 Å². The van der Waals surface area contributed by atoms with E-state index in [1.807, 2.05) is 47.4 Å². The predicted molar refractivity (Wildman–Crippen MR) is 106 cm³/mol. The van der Waals surface area contributed by atoms with Crippen LogP contribution in [0.3, 0.4) is 0 Å². The van der Waals surface area contributed by atoms with Crippen LogP contribution in [0.25, 0.3) is 0 Å². The van der Waals surface area contributed by atoms with Gasteiger partial charge in [0.1, 0.15) is 0 Å². The molecule has 2 aromatic rings. The number of amides is 2. The summed E-state index contributed by atoms with van der Waals surface area (Å²) < 4.78 is 0. The quantitative estimate of drug-likeness (QED) is 0.801. The fraction of sp³-hybridized carbons (Fsp3) is 0.333. The highest BCUT2D eigenvalue weighted by molar-refractivity contribution is 7.99. The van der Waals surface area contributed by atoms with Crippen LogP contribution in [0.1, 0.15) is 35.7 Å². The third-order valence-electron chi connectivity index (χ3n) is 4.86. The first-order valence-electron chi connectivity index (χ1n) is 9.15. The van der Waals surface area contributed by atoms with Gasteiger partial charge in [-0.1, -0.05) is 25.1 Å². The van der Waals surface area contributed by atoms with E-state index in [2.05, 4.69) is 12.2 Å². The number of nitrogens with zero attached hydrogens (tertiary/aromatic N) is 1. The van der Waals surface area contributed by atoms with Crippen LogP contribution in [0.5, 0.6) is 0 Å². The van der Waals surface area contributed by atoms with Gasteiger partial charge in [-0.25, -0.2) is 0 Å². The Morgan fingerprint density at radius 1 is 1.19 bits per heavy atom. The number of fused-ring (bicyclic) bond motifs is 1. The molecule has 1 aliphatic heterocycles. The molecule has 2 aromatic carbocycles. The molecule has 0 atom stereocenters. The lowest BCUT2D eigenvalue weighted by Crippen LogP contribution is -2.30. The molecule has 1 saturated carbocycles. The summed E-state index contributed by atoms with van der Waals surface area (Å²) in [7, 11) is 0. The van der Waals surface area contributed by atoms with Crippen molar-refractivity contribution >= 4 is 35.0 Å². The Bertz CT molecular complexity index is 861. The minimum Gasteiger partial charge on any atom is -0.322 e. The summed E-state index contributed by atoms with van der Waals surface area (Å²) in [5.74, 6) is 1.25. The maximum absolute atomic E-state index is 12.7. The van der Waals surface area contributed by atoms with Gasteiger partial charge in [0.15, 0.2) is 0 Å². The molecule has 4 nitrogen and oxygen atoms in total. The Morgan fingerprint density at radius 2 is 2.00 bits per heavy atom. The molecular formula is C21H22N2O2S. The van der Waals surface area contributed by atoms with Crippen LogP contribution in [0, 0.1) is 5.92 Å². The molecule has 1 aliphatic carbocycles. The fourth-order valence-electron chi connectivity index (χ4n) is 3.37. The Labute approximate surface area is 158 Å². The lowest BCUT2D eigenvalue weighted by Gasteiger charge is -2.18. The normalized spacial score (nSPS) is 15.7. The zero-order valence-corrected chi connectivity index (χ0v) is 15.6. The summed E-state index contributed by atoms with van der Waals surface area (Å²) >= 11 is 1.66. The molecule has 4 rings (SSSR count). The van der Waals surface area contributed by atoms with Crippen molar-refractivity contribution in [1.29, 1.82) is 0 Å². The summed E-state index contributed by atoms with van der Waals surface area (Å²) in [5.41, 5.74) is 3.56. The highest BCUT2D eigenvalue weighted by atomic mass is 32.2. The standard InChI is InChI=1S/C21H22N2O2S/c1-2-26-19-6-4-3-5-17(19)20(24)22-16-10-9-14-11-12-23(18(14)13-16)21(25)15-7-8-15/h3-6,9-10,13,15H,2,7-8,11-12H2,1H3,(H,22,24). The number of hydrogen-bond donors (Lipinski definition) is 1. The van der Waals surface area contributed by atoms with Crippen molar-refractivity contribution in [3.63, 3.8) is 0 Å². The zero-order valence-electron chi connectivity index (χ0n) is 14.8. The molecule has 0 saturated heterocycles. The molecule has 0 bridgehead atoms. The van der Waals surface area contributed by atoms with Crippen LogP contribution in [-0.2, 0) is 11.2 Å². The SMILES string of the molecule is CCSc1ccccc1C(=O)Nc1ccc2c(c1)N(C(=O)C1CC1)CC2. The molecule has 0 radical (unpaired) electrons. The van der Waals surface area contributed by atoms with E-state index in [0.717, 1.165) is 47.8 Å². The van der Waals surface area contributed by atoms with Crippen LogP contribution < -0.4 is 10.2 Å². The van der Waals surface area contributed by atoms with E-state index in [4.69, 9.17) is 0 Å². The van der Waals surface area contributed by atoms with Gasteiger partial charge in [-0.15, -0.1) is 11.8 Å². The first-order chi connectivity index (χ1) is 12.7. The monoisotopic (exact) mass is 366 g/mol. The second-order valence-electron chi connectivity index (χ2n) is 6.74. The highest BCUT2D eigenvalue weighted by Crippen LogP contribution is 2.37. The molecule has 134 valence electrons. The highest BCUT2D eigenvalue weighted by Gasteiger charge is 2.36. The molecule has 26 heavy (non-hydrogen) atoms. The van der Waals surface area contributed by atoms with E-state index in [1.165, 1.54) is 5.56 Å². The average molecular weight is 366 g/mol. The van der Waals surface area contributed by atoms with Gasteiger partial charge in [0.2, 0.25) is 5.91 Å². The maximum Gasteiger partial charge on any atom is 0.256 e. The Balaban J connectivity index is 1.55. The second kappa shape index (κ2) is 7.16. The number of hydrogen-bond acceptors (Lipinski definition) is 3. The van der Waals surface area contributed by atoms with Crippen LogP contribution in [0.15, 0.2) is 47.4 Å². The van der Waals surface area contributed by atoms with Gasteiger partial charge >= 0.3 is 0 Å². The lowest BCUT2D eigenvalue weighted by atomic mass is 10.1. The number of thioether (sulfide) groups is 1. The van der Waals surface area contributed by atoms with Gasteiger partial charge in [-0.05, 0) is 54.8 Å². The van der Waals surface area contributed by atoms with E-state index >= 15 is 0 Å². The van der Waals surface area contributed by atoms with Crippen molar-refractivity contribution < 1.29 is 9.59 Å². The van der Waals surface area contributed by atoms with Gasteiger partial charge in [0.25, 0.3) is 5.91 Å². The number of benzene rings is 2. The third kappa shape index (κ3) is 3.36. The number of carbonyl (C=O) groups excluding carboxylic acids is 2. The molecule has 0 spiro atoms. The molecule has 1 heterocycles. The fourth-order valence-corrected chi connectivity index (χ4v) is 4.17. The molecule has 2 amide bonds. The van der Waals surface area contributed by atoms with Crippen molar-refractivity contribution in [2.45, 2.75) is 31.1 Å². The van der Waals surface area contributed by atoms with Crippen molar-refractivity contribution in [3.05, 3.63) is 53.6 Å². The molecule has 1 N–H and O–H groups in total. The third-order valence-corrected chi connectivity index (χ3v) is 5.82. The second-order valence-corrected chi connectivity index (χ2v) is 8.05. The van der Waals surface area contributed by atoms with Crippen LogP contribution in [0.4, 0.5) is 11.4 Å². The van der Waals surface area contributed by atoms with E-state index in [0.29, 0.717) is 5.56 Å². The predicted octanol–water partition coefficient (Wildman–Crippen LogP) is 4.35. The Hall–Kier alpha value is -2.27.